The van der Waals surface area contributed by atoms with Gasteiger partial charge in [0.1, 0.15) is 11.6 Å². The number of carboxylic acid groups (broad SMARTS) is 1. The van der Waals surface area contributed by atoms with Crippen LogP contribution in [0.25, 0.3) is 11.4 Å². The minimum atomic E-state index is -1.43. The molecular weight excluding hydrogens is 274 g/mol. The molecule has 3 N–H and O–H groups in total. The number of rotatable bonds is 2. The highest BCUT2D eigenvalue weighted by Gasteiger charge is 2.26. The van der Waals surface area contributed by atoms with Crippen molar-refractivity contribution in [2.75, 3.05) is 0 Å². The highest BCUT2D eigenvalue weighted by atomic mass is 16.4. The molecule has 0 fully saturated rings. The minimum Gasteiger partial charge on any atom is -0.506 e. The van der Waals surface area contributed by atoms with Crippen molar-refractivity contribution in [1.82, 2.24) is 14.5 Å². The first-order valence-electron chi connectivity index (χ1n) is 6.80. The second kappa shape index (κ2) is 4.76. The Bertz CT molecular complexity index is 788. The lowest BCUT2D eigenvalue weighted by molar-refractivity contribution is 0.0691. The molecule has 2 aromatic heterocycles. The molecule has 0 saturated heterocycles. The van der Waals surface area contributed by atoms with Crippen molar-refractivity contribution in [2.24, 2.45) is 0 Å². The van der Waals surface area contributed by atoms with E-state index < -0.39 is 22.8 Å². The van der Waals surface area contributed by atoms with Crippen LogP contribution in [-0.4, -0.2) is 30.7 Å². The summed E-state index contributed by atoms with van der Waals surface area (Å²) in [4.78, 5) is 30.0. The van der Waals surface area contributed by atoms with Crippen LogP contribution in [0.1, 0.15) is 35.1 Å². The monoisotopic (exact) mass is 289 g/mol. The number of aromatic nitrogens is 3. The molecule has 3 rings (SSSR count). The van der Waals surface area contributed by atoms with Gasteiger partial charge in [0.05, 0.1) is 17.6 Å². The van der Waals surface area contributed by atoms with E-state index in [1.54, 1.807) is 6.20 Å². The van der Waals surface area contributed by atoms with Gasteiger partial charge in [-0.2, -0.15) is 0 Å². The molecule has 0 unspecified atom stereocenters. The summed E-state index contributed by atoms with van der Waals surface area (Å²) in [6, 6.07) is 0. The van der Waals surface area contributed by atoms with E-state index in [1.807, 2.05) is 11.5 Å². The molecule has 0 atom stereocenters. The van der Waals surface area contributed by atoms with Crippen LogP contribution in [0.5, 0.6) is 5.75 Å². The molecule has 1 aliphatic rings. The molecule has 7 nitrogen and oxygen atoms in total. The summed E-state index contributed by atoms with van der Waals surface area (Å²) >= 11 is 0. The highest BCUT2D eigenvalue weighted by Crippen LogP contribution is 2.33. The molecular formula is C14H15N3O4. The summed E-state index contributed by atoms with van der Waals surface area (Å²) in [6.07, 6.45) is 3.66. The molecule has 0 radical (unpaired) electrons. The van der Waals surface area contributed by atoms with Crippen molar-refractivity contribution in [3.63, 3.8) is 0 Å². The van der Waals surface area contributed by atoms with E-state index in [-0.39, 0.29) is 0 Å². The molecule has 3 heterocycles. The number of fused-ring (bicyclic) bond motifs is 3. The molecule has 0 saturated carbocycles. The predicted molar refractivity (Wildman–Crippen MR) is 74.6 cm³/mol. The Labute approximate surface area is 119 Å². The highest BCUT2D eigenvalue weighted by molar-refractivity contribution is 5.91. The fraction of sp³-hybridized carbons (Fsp3) is 0.357. The predicted octanol–water partition coefficient (Wildman–Crippen LogP) is 1.15. The average Bonchev–Trinajstić information content (AvgIpc) is 2.74. The molecule has 0 aliphatic carbocycles. The first-order chi connectivity index (χ1) is 10.0. The number of nitrogens with zero attached hydrogens (tertiary/aromatic N) is 2. The van der Waals surface area contributed by atoms with Crippen LogP contribution in [0.4, 0.5) is 0 Å². The number of carbonyl (C=O) groups is 1. The number of nitrogens with one attached hydrogen (secondary N) is 1. The summed E-state index contributed by atoms with van der Waals surface area (Å²) in [7, 11) is 0. The van der Waals surface area contributed by atoms with Crippen molar-refractivity contribution in [2.45, 2.75) is 32.7 Å². The largest absolute Gasteiger partial charge is 0.506 e. The third kappa shape index (κ3) is 1.93. The molecule has 0 amide bonds. The van der Waals surface area contributed by atoms with Crippen LogP contribution < -0.4 is 5.56 Å². The normalized spacial score (nSPS) is 13.4. The SMILES string of the molecule is CCc1ncc2n1CCCc1c-2[nH]c(=O)c(C(=O)O)c1O. The smallest absolute Gasteiger partial charge is 0.345 e. The molecule has 0 aromatic carbocycles. The van der Waals surface area contributed by atoms with Gasteiger partial charge >= 0.3 is 5.97 Å². The fourth-order valence-corrected chi connectivity index (χ4v) is 2.85. The molecule has 2 aromatic rings. The number of imidazole rings is 1. The van der Waals surface area contributed by atoms with Crippen LogP contribution in [-0.2, 0) is 19.4 Å². The standard InChI is InChI=1S/C14H15N3O4/c1-2-9-15-6-8-11-7(4-3-5-17(8)9)12(18)10(14(20)21)13(19)16-11/h6H,2-5H2,1H3,(H,20,21)(H2,16,18,19). The van der Waals surface area contributed by atoms with Crippen LogP contribution in [0.15, 0.2) is 11.0 Å². The Balaban J connectivity index is 2.32. The molecule has 7 heteroatoms. The summed E-state index contributed by atoms with van der Waals surface area (Å²) < 4.78 is 2.00. The Morgan fingerprint density at radius 2 is 2.29 bits per heavy atom. The van der Waals surface area contributed by atoms with Crippen LogP contribution in [0.3, 0.4) is 0 Å². The fourth-order valence-electron chi connectivity index (χ4n) is 2.85. The lowest BCUT2D eigenvalue weighted by atomic mass is 10.0. The Morgan fingerprint density at radius 1 is 1.52 bits per heavy atom. The quantitative estimate of drug-likeness (QED) is 0.768. The Morgan fingerprint density at radius 3 is 2.95 bits per heavy atom. The number of aryl methyl sites for hydroxylation is 1. The van der Waals surface area contributed by atoms with Gasteiger partial charge in [-0.1, -0.05) is 6.92 Å². The van der Waals surface area contributed by atoms with Crippen molar-refractivity contribution in [3.05, 3.63) is 33.5 Å². The van der Waals surface area contributed by atoms with Crippen molar-refractivity contribution < 1.29 is 15.0 Å². The molecule has 1 aliphatic heterocycles. The summed E-state index contributed by atoms with van der Waals surface area (Å²) in [5.41, 5.74) is 0.244. The zero-order valence-electron chi connectivity index (χ0n) is 11.5. The summed E-state index contributed by atoms with van der Waals surface area (Å²) in [6.45, 7) is 2.71. The van der Waals surface area contributed by atoms with E-state index in [9.17, 15) is 14.7 Å². The molecule has 110 valence electrons. The number of aromatic hydroxyl groups is 1. The average molecular weight is 289 g/mol. The number of aromatic amines is 1. The van der Waals surface area contributed by atoms with Gasteiger partial charge in [-0.3, -0.25) is 4.79 Å². The summed E-state index contributed by atoms with van der Waals surface area (Å²) in [5, 5.41) is 19.2. The van der Waals surface area contributed by atoms with Crippen molar-refractivity contribution in [1.29, 1.82) is 0 Å². The van der Waals surface area contributed by atoms with Crippen LogP contribution in [0, 0.1) is 0 Å². The van der Waals surface area contributed by atoms with Gasteiger partial charge in [0.25, 0.3) is 5.56 Å². The number of aromatic carboxylic acids is 1. The number of H-pyrrole nitrogens is 1. The molecule has 21 heavy (non-hydrogen) atoms. The van der Waals surface area contributed by atoms with Gasteiger partial charge in [-0.25, -0.2) is 9.78 Å². The van der Waals surface area contributed by atoms with E-state index in [1.165, 1.54) is 0 Å². The Hall–Kier alpha value is -2.57. The third-order valence-electron chi connectivity index (χ3n) is 3.82. The van der Waals surface area contributed by atoms with Gasteiger partial charge in [0, 0.05) is 18.5 Å². The Kier molecular flexibility index (Phi) is 3.04. The van der Waals surface area contributed by atoms with E-state index in [0.29, 0.717) is 23.4 Å². The van der Waals surface area contributed by atoms with Gasteiger partial charge in [0.15, 0.2) is 5.56 Å². The topological polar surface area (TPSA) is 108 Å². The van der Waals surface area contributed by atoms with Crippen molar-refractivity contribution >= 4 is 5.97 Å². The first kappa shape index (κ1) is 13.4. The van der Waals surface area contributed by atoms with Gasteiger partial charge < -0.3 is 19.8 Å². The third-order valence-corrected chi connectivity index (χ3v) is 3.82. The maximum absolute atomic E-state index is 11.9. The number of hydrogen-bond donors (Lipinski definition) is 3. The maximum atomic E-state index is 11.9. The zero-order valence-corrected chi connectivity index (χ0v) is 11.5. The lowest BCUT2D eigenvalue weighted by Gasteiger charge is -2.10. The van der Waals surface area contributed by atoms with E-state index in [4.69, 9.17) is 5.11 Å². The lowest BCUT2D eigenvalue weighted by Crippen LogP contribution is -2.20. The van der Waals surface area contributed by atoms with Gasteiger partial charge in [-0.05, 0) is 12.8 Å². The minimum absolute atomic E-state index is 0.436. The molecule has 0 bridgehead atoms. The molecule has 0 spiro atoms. The van der Waals surface area contributed by atoms with Crippen LogP contribution in [0.2, 0.25) is 0 Å². The number of carboxylic acids is 1. The van der Waals surface area contributed by atoms with Crippen molar-refractivity contribution in [3.8, 4) is 17.1 Å². The summed E-state index contributed by atoms with van der Waals surface area (Å²) in [5.74, 6) is -0.960. The van der Waals surface area contributed by atoms with E-state index in [2.05, 4.69) is 9.97 Å². The van der Waals surface area contributed by atoms with Crippen LogP contribution >= 0.6 is 0 Å². The van der Waals surface area contributed by atoms with Gasteiger partial charge in [-0.15, -0.1) is 0 Å². The maximum Gasteiger partial charge on any atom is 0.345 e. The first-order valence-corrected chi connectivity index (χ1v) is 6.80. The second-order valence-corrected chi connectivity index (χ2v) is 5.00. The van der Waals surface area contributed by atoms with Gasteiger partial charge in [0.2, 0.25) is 0 Å². The van der Waals surface area contributed by atoms with E-state index >= 15 is 0 Å². The second-order valence-electron chi connectivity index (χ2n) is 5.00. The van der Waals surface area contributed by atoms with E-state index in [0.717, 1.165) is 25.2 Å². The number of pyridine rings is 1. The zero-order chi connectivity index (χ0) is 15.1. The number of hydrogen-bond acceptors (Lipinski definition) is 4.